The van der Waals surface area contributed by atoms with Gasteiger partial charge in [0.15, 0.2) is 0 Å². The van der Waals surface area contributed by atoms with Crippen LogP contribution in [0, 0.1) is 47.3 Å². The average Bonchev–Trinajstić information content (AvgIpc) is 3.25. The van der Waals surface area contributed by atoms with Crippen LogP contribution in [0.5, 0.6) is 0 Å². The third-order valence-corrected chi connectivity index (χ3v) is 9.68. The van der Waals surface area contributed by atoms with Crippen LogP contribution in [0.3, 0.4) is 0 Å². The Morgan fingerprint density at radius 2 is 1.11 bits per heavy atom. The van der Waals surface area contributed by atoms with Gasteiger partial charge in [0, 0.05) is 0 Å². The first-order valence-electron chi connectivity index (χ1n) is 13.6. The molecular weight excluding hydrogens is 546 g/mol. The van der Waals surface area contributed by atoms with Gasteiger partial charge in [0.2, 0.25) is 0 Å². The minimum atomic E-state index is 0. The molecule has 3 heteroatoms. The van der Waals surface area contributed by atoms with Crippen molar-refractivity contribution in [2.24, 2.45) is 34.5 Å². The number of hydrogen-bond donors (Lipinski definition) is 0. The van der Waals surface area contributed by atoms with Crippen LogP contribution in [0.1, 0.15) is 99.3 Å². The molecule has 0 aromatic carbocycles. The molecule has 0 amide bonds. The number of fused-ring (bicyclic) bond motifs is 2. The van der Waals surface area contributed by atoms with Crippen molar-refractivity contribution in [2.45, 2.75) is 99.3 Å². The van der Waals surface area contributed by atoms with E-state index in [1.807, 2.05) is 0 Å². The van der Waals surface area contributed by atoms with Gasteiger partial charge in [-0.05, 0) is 35.5 Å². The van der Waals surface area contributed by atoms with Crippen LogP contribution < -0.4 is 0 Å². The van der Waals surface area contributed by atoms with Gasteiger partial charge >= 0.3 is 59.5 Å². The summed E-state index contributed by atoms with van der Waals surface area (Å²) in [5, 5.41) is 0. The first-order valence-corrected chi connectivity index (χ1v) is 14.8. The summed E-state index contributed by atoms with van der Waals surface area (Å²) < 4.78 is 1.80. The molecule has 3 saturated carbocycles. The summed E-state index contributed by atoms with van der Waals surface area (Å²) in [4.78, 5) is 0. The summed E-state index contributed by atoms with van der Waals surface area (Å²) in [7, 11) is 0. The van der Waals surface area contributed by atoms with Crippen molar-refractivity contribution < 1.29 is 24.2 Å². The minimum absolute atomic E-state index is 0. The van der Waals surface area contributed by atoms with Crippen molar-refractivity contribution in [3.63, 3.8) is 0 Å². The molecule has 196 valence electrons. The predicted molar refractivity (Wildman–Crippen MR) is 157 cm³/mol. The second kappa shape index (κ2) is 14.8. The van der Waals surface area contributed by atoms with Crippen LogP contribution in [0.4, 0.5) is 0 Å². The maximum absolute atomic E-state index is 2.45. The fraction of sp³-hybridized carbons (Fsp3) is 0.656. The van der Waals surface area contributed by atoms with E-state index in [-0.39, 0.29) is 24.8 Å². The number of rotatable bonds is 0. The van der Waals surface area contributed by atoms with Crippen LogP contribution in [0.2, 0.25) is 0 Å². The summed E-state index contributed by atoms with van der Waals surface area (Å²) in [5.41, 5.74) is 4.07. The molecule has 0 saturated heterocycles. The van der Waals surface area contributed by atoms with Gasteiger partial charge in [-0.25, -0.2) is 36.1 Å². The van der Waals surface area contributed by atoms with Crippen molar-refractivity contribution >= 4 is 28.0 Å². The van der Waals surface area contributed by atoms with Crippen molar-refractivity contribution in [3.8, 4) is 0 Å². The van der Waals surface area contributed by atoms with Gasteiger partial charge in [0.05, 0.1) is 0 Å². The molecule has 5 rings (SSSR count). The fourth-order valence-corrected chi connectivity index (χ4v) is 7.16. The molecule has 5 aliphatic rings. The zero-order valence-corrected chi connectivity index (χ0v) is 27.2. The second-order valence-corrected chi connectivity index (χ2v) is 14.3. The van der Waals surface area contributed by atoms with Crippen molar-refractivity contribution in [1.82, 2.24) is 0 Å². The van der Waals surface area contributed by atoms with Crippen molar-refractivity contribution in [1.29, 1.82) is 0 Å². The quantitative estimate of drug-likeness (QED) is 0.244. The van der Waals surface area contributed by atoms with E-state index < -0.39 is 0 Å². The average molecular weight is 597 g/mol. The Morgan fingerprint density at radius 1 is 0.714 bits per heavy atom. The predicted octanol–water partition coefficient (Wildman–Crippen LogP) is 10.0. The Bertz CT molecular complexity index is 734. The maximum atomic E-state index is 2.45. The fourth-order valence-electron chi connectivity index (χ4n) is 6.29. The molecule has 0 nitrogen and oxygen atoms in total. The van der Waals surface area contributed by atoms with Crippen LogP contribution in [0.25, 0.3) is 0 Å². The van der Waals surface area contributed by atoms with Gasteiger partial charge in [0.25, 0.3) is 0 Å². The molecule has 4 unspecified atom stereocenters. The van der Waals surface area contributed by atoms with Gasteiger partial charge in [-0.15, -0.1) is 49.1 Å². The molecule has 0 heterocycles. The molecule has 0 spiro atoms. The van der Waals surface area contributed by atoms with E-state index in [1.165, 1.54) is 57.8 Å². The van der Waals surface area contributed by atoms with Gasteiger partial charge in [-0.1, -0.05) is 66.2 Å². The molecule has 0 radical (unpaired) electrons. The molecule has 0 aliphatic heterocycles. The molecule has 0 aromatic rings. The molecule has 0 bridgehead atoms. The summed E-state index contributed by atoms with van der Waals surface area (Å²) >= 11 is 1.69. The Hall–Kier alpha value is 0.0331. The summed E-state index contributed by atoms with van der Waals surface area (Å²) in [6.07, 6.45) is 31.0. The third-order valence-electron chi connectivity index (χ3n) is 8.45. The third kappa shape index (κ3) is 9.69. The van der Waals surface area contributed by atoms with Crippen LogP contribution in [-0.4, -0.2) is 3.21 Å². The van der Waals surface area contributed by atoms with E-state index in [4.69, 9.17) is 0 Å². The molecular formula is C32H50Cl2Zr. The van der Waals surface area contributed by atoms with Gasteiger partial charge in [-0.3, -0.25) is 0 Å². The van der Waals surface area contributed by atoms with Gasteiger partial charge in [-0.2, -0.15) is 0 Å². The Balaban J connectivity index is 0.000000266. The van der Waals surface area contributed by atoms with E-state index in [0.717, 1.165) is 23.7 Å². The zero-order valence-electron chi connectivity index (χ0n) is 23.1. The number of hydrogen-bond acceptors (Lipinski definition) is 0. The zero-order chi connectivity index (χ0) is 24.1. The SMILES string of the molecule is CC1[CH-]C2=CC=CCC(C)(C)C2C1.CC1[CH-]C2=CC=CCC(C)(C)C2C1.Cl.Cl.[Zr+2]=[C]1CCCCC1. The Kier molecular flexibility index (Phi) is 14.0. The van der Waals surface area contributed by atoms with Crippen LogP contribution in [0.15, 0.2) is 47.6 Å². The summed E-state index contributed by atoms with van der Waals surface area (Å²) in [5.74, 6) is 3.14. The van der Waals surface area contributed by atoms with E-state index in [2.05, 4.69) is 90.8 Å². The molecule has 5 aliphatic carbocycles. The summed E-state index contributed by atoms with van der Waals surface area (Å²) in [6.45, 7) is 14.2. The first kappa shape index (κ1) is 33.1. The molecule has 35 heavy (non-hydrogen) atoms. The summed E-state index contributed by atoms with van der Waals surface area (Å²) in [6, 6.07) is 0. The van der Waals surface area contributed by atoms with E-state index in [0.29, 0.717) is 10.8 Å². The number of allylic oxidation sites excluding steroid dienone is 8. The number of halogens is 2. The topological polar surface area (TPSA) is 0 Å². The Labute approximate surface area is 245 Å². The van der Waals surface area contributed by atoms with Gasteiger partial charge < -0.3 is 0 Å². The second-order valence-electron chi connectivity index (χ2n) is 12.6. The molecule has 3 fully saturated rings. The Morgan fingerprint density at radius 3 is 1.46 bits per heavy atom. The van der Waals surface area contributed by atoms with Crippen molar-refractivity contribution in [2.75, 3.05) is 0 Å². The van der Waals surface area contributed by atoms with E-state index in [1.54, 1.807) is 38.6 Å². The van der Waals surface area contributed by atoms with Crippen LogP contribution >= 0.6 is 24.8 Å². The normalized spacial score (nSPS) is 31.4. The standard InChI is InChI=1S/2C13H19.C6H10.2ClH.Zr/c2*1-10-8-11-6-4-5-7-13(2,3)12(11)9-10;1-2-4-6-5-3-1;;;/h2*4-6,8,10,12H,7,9H2,1-3H3;1-5H2;2*1H;/q2*-1;;;;+2. The molecule has 4 atom stereocenters. The monoisotopic (exact) mass is 594 g/mol. The van der Waals surface area contributed by atoms with Crippen molar-refractivity contribution in [3.05, 3.63) is 60.4 Å². The van der Waals surface area contributed by atoms with Crippen LogP contribution in [-0.2, 0) is 24.2 Å². The first-order chi connectivity index (χ1) is 15.6. The molecule has 0 aromatic heterocycles. The molecule has 0 N–H and O–H groups in total. The van der Waals surface area contributed by atoms with E-state index in [9.17, 15) is 0 Å². The van der Waals surface area contributed by atoms with Gasteiger partial charge in [0.1, 0.15) is 0 Å². The van der Waals surface area contributed by atoms with E-state index >= 15 is 0 Å².